The summed E-state index contributed by atoms with van der Waals surface area (Å²) in [5, 5.41) is 9.15. The van der Waals surface area contributed by atoms with E-state index in [9.17, 15) is 4.79 Å². The molecule has 3 aliphatic rings. The van der Waals surface area contributed by atoms with E-state index in [1.54, 1.807) is 4.90 Å². The van der Waals surface area contributed by atoms with Gasteiger partial charge in [0.05, 0.1) is 5.69 Å². The second kappa shape index (κ2) is 5.76. The van der Waals surface area contributed by atoms with E-state index in [1.807, 2.05) is 0 Å². The summed E-state index contributed by atoms with van der Waals surface area (Å²) in [4.78, 5) is 20.1. The standard InChI is InChI=1S/C18H28N4O2/c1-13-11-20(2)16(19-13)14-3-6-21(7-4-14)15-9-18(10-15)5-8-22(12-18)17(23)24/h11,14-15H,3-10,12H2,1-2H3,(H,23,24). The van der Waals surface area contributed by atoms with Gasteiger partial charge >= 0.3 is 6.09 Å². The molecule has 3 fully saturated rings. The van der Waals surface area contributed by atoms with Crippen LogP contribution >= 0.6 is 0 Å². The number of likely N-dealkylation sites (tertiary alicyclic amines) is 2. The van der Waals surface area contributed by atoms with Crippen LogP contribution in [-0.2, 0) is 7.05 Å². The lowest BCUT2D eigenvalue weighted by Gasteiger charge is -2.51. The highest BCUT2D eigenvalue weighted by Crippen LogP contribution is 2.50. The summed E-state index contributed by atoms with van der Waals surface area (Å²) in [7, 11) is 2.10. The van der Waals surface area contributed by atoms with Gasteiger partial charge in [-0.15, -0.1) is 0 Å². The number of aromatic nitrogens is 2. The largest absolute Gasteiger partial charge is 0.465 e. The van der Waals surface area contributed by atoms with Crippen molar-refractivity contribution < 1.29 is 9.90 Å². The molecule has 1 spiro atoms. The number of nitrogens with zero attached hydrogens (tertiary/aromatic N) is 4. The van der Waals surface area contributed by atoms with Crippen molar-refractivity contribution in [1.29, 1.82) is 0 Å². The molecule has 0 atom stereocenters. The molecule has 0 bridgehead atoms. The first-order chi connectivity index (χ1) is 11.5. The molecule has 1 amide bonds. The number of hydrogen-bond donors (Lipinski definition) is 1. The van der Waals surface area contributed by atoms with E-state index in [0.29, 0.717) is 12.0 Å². The van der Waals surface area contributed by atoms with E-state index >= 15 is 0 Å². The maximum atomic E-state index is 11.1. The number of carboxylic acid groups (broad SMARTS) is 1. The molecule has 132 valence electrons. The van der Waals surface area contributed by atoms with Gasteiger partial charge in [-0.3, -0.25) is 0 Å². The Morgan fingerprint density at radius 3 is 2.54 bits per heavy atom. The number of aryl methyl sites for hydroxylation is 2. The number of hydrogen-bond acceptors (Lipinski definition) is 3. The maximum absolute atomic E-state index is 11.1. The van der Waals surface area contributed by atoms with Gasteiger partial charge in [0.25, 0.3) is 0 Å². The Hall–Kier alpha value is -1.56. The zero-order chi connectivity index (χ0) is 16.9. The van der Waals surface area contributed by atoms with Gasteiger partial charge in [0.15, 0.2) is 0 Å². The highest BCUT2D eigenvalue weighted by Gasteiger charge is 2.51. The van der Waals surface area contributed by atoms with E-state index in [-0.39, 0.29) is 5.41 Å². The molecule has 0 radical (unpaired) electrons. The van der Waals surface area contributed by atoms with Crippen molar-refractivity contribution in [3.05, 3.63) is 17.7 Å². The van der Waals surface area contributed by atoms with Gasteiger partial charge < -0.3 is 19.5 Å². The maximum Gasteiger partial charge on any atom is 0.407 e. The van der Waals surface area contributed by atoms with Crippen LogP contribution in [0, 0.1) is 12.3 Å². The Labute approximate surface area is 143 Å². The van der Waals surface area contributed by atoms with E-state index in [1.165, 1.54) is 31.5 Å². The fourth-order valence-corrected chi connectivity index (χ4v) is 5.17. The van der Waals surface area contributed by atoms with Crippen LogP contribution < -0.4 is 0 Å². The molecular formula is C18H28N4O2. The molecule has 24 heavy (non-hydrogen) atoms. The summed E-state index contributed by atoms with van der Waals surface area (Å²) in [6.07, 6.45) is 7.17. The van der Waals surface area contributed by atoms with Crippen LogP contribution in [-0.4, -0.2) is 62.8 Å². The van der Waals surface area contributed by atoms with Crippen molar-refractivity contribution in [3.8, 4) is 0 Å². The first kappa shape index (κ1) is 15.9. The number of carbonyl (C=O) groups is 1. The third-order valence-corrected chi connectivity index (χ3v) is 6.49. The van der Waals surface area contributed by atoms with Crippen LogP contribution in [0.25, 0.3) is 0 Å². The lowest BCUT2D eigenvalue weighted by atomic mass is 9.64. The molecule has 3 heterocycles. The third-order valence-electron chi connectivity index (χ3n) is 6.49. The monoisotopic (exact) mass is 332 g/mol. The van der Waals surface area contributed by atoms with E-state index in [2.05, 4.69) is 29.6 Å². The summed E-state index contributed by atoms with van der Waals surface area (Å²) >= 11 is 0. The van der Waals surface area contributed by atoms with Crippen molar-refractivity contribution in [2.75, 3.05) is 26.2 Å². The lowest BCUT2D eigenvalue weighted by Crippen LogP contribution is -2.54. The van der Waals surface area contributed by atoms with E-state index in [4.69, 9.17) is 10.1 Å². The van der Waals surface area contributed by atoms with Gasteiger partial charge in [-0.05, 0) is 57.5 Å². The number of amides is 1. The minimum absolute atomic E-state index is 0.288. The first-order valence-corrected chi connectivity index (χ1v) is 9.18. The normalized spacial score (nSPS) is 31.6. The van der Waals surface area contributed by atoms with Crippen molar-refractivity contribution in [2.24, 2.45) is 12.5 Å². The summed E-state index contributed by atoms with van der Waals surface area (Å²) < 4.78 is 2.19. The molecule has 1 aromatic heterocycles. The first-order valence-electron chi connectivity index (χ1n) is 9.18. The van der Waals surface area contributed by atoms with Crippen molar-refractivity contribution >= 4 is 6.09 Å². The van der Waals surface area contributed by atoms with Crippen LogP contribution in [0.3, 0.4) is 0 Å². The Morgan fingerprint density at radius 1 is 1.29 bits per heavy atom. The zero-order valence-corrected chi connectivity index (χ0v) is 14.7. The second-order valence-electron chi connectivity index (χ2n) is 8.18. The molecule has 1 saturated carbocycles. The van der Waals surface area contributed by atoms with Crippen molar-refractivity contribution in [2.45, 2.75) is 51.0 Å². The lowest BCUT2D eigenvalue weighted by molar-refractivity contribution is -0.00431. The Balaban J connectivity index is 1.29. The van der Waals surface area contributed by atoms with Crippen LogP contribution in [0.4, 0.5) is 4.79 Å². The van der Waals surface area contributed by atoms with Crippen molar-refractivity contribution in [1.82, 2.24) is 19.4 Å². The molecule has 2 aliphatic heterocycles. The van der Waals surface area contributed by atoms with E-state index in [0.717, 1.165) is 38.3 Å². The van der Waals surface area contributed by atoms with Crippen LogP contribution in [0.15, 0.2) is 6.20 Å². The predicted octanol–water partition coefficient (Wildman–Crippen LogP) is 2.44. The zero-order valence-electron chi connectivity index (χ0n) is 14.7. The van der Waals surface area contributed by atoms with Crippen molar-refractivity contribution in [3.63, 3.8) is 0 Å². The summed E-state index contributed by atoms with van der Waals surface area (Å²) in [6, 6.07) is 0.669. The molecule has 1 N–H and O–H groups in total. The Kier molecular flexibility index (Phi) is 3.82. The molecule has 1 aromatic rings. The summed E-state index contributed by atoms with van der Waals surface area (Å²) in [5.74, 6) is 1.83. The highest BCUT2D eigenvalue weighted by molar-refractivity contribution is 5.65. The predicted molar refractivity (Wildman–Crippen MR) is 91.2 cm³/mol. The average Bonchev–Trinajstić information content (AvgIpc) is 3.10. The van der Waals surface area contributed by atoms with Gasteiger partial charge in [0, 0.05) is 38.3 Å². The molecule has 4 rings (SSSR count). The fourth-order valence-electron chi connectivity index (χ4n) is 5.17. The highest BCUT2D eigenvalue weighted by atomic mass is 16.4. The van der Waals surface area contributed by atoms with Gasteiger partial charge in [-0.2, -0.15) is 0 Å². The van der Waals surface area contributed by atoms with E-state index < -0.39 is 6.09 Å². The molecule has 0 aromatic carbocycles. The number of imidazole rings is 1. The Morgan fingerprint density at radius 2 is 2.00 bits per heavy atom. The van der Waals surface area contributed by atoms with Gasteiger partial charge in [-0.1, -0.05) is 0 Å². The molecule has 2 saturated heterocycles. The molecule has 6 heteroatoms. The molecule has 6 nitrogen and oxygen atoms in total. The SMILES string of the molecule is Cc1cn(C)c(C2CCN(C3CC4(CCN(C(=O)O)C4)C3)CC2)n1. The van der Waals surface area contributed by atoms with Gasteiger partial charge in [-0.25, -0.2) is 9.78 Å². The topological polar surface area (TPSA) is 61.6 Å². The van der Waals surface area contributed by atoms with Gasteiger partial charge in [0.2, 0.25) is 0 Å². The summed E-state index contributed by atoms with van der Waals surface area (Å²) in [6.45, 7) is 5.85. The second-order valence-corrected chi connectivity index (χ2v) is 8.18. The van der Waals surface area contributed by atoms with Gasteiger partial charge in [0.1, 0.15) is 5.82 Å². The third kappa shape index (κ3) is 2.70. The minimum atomic E-state index is -0.749. The van der Waals surface area contributed by atoms with Crippen LogP contribution in [0.2, 0.25) is 0 Å². The van der Waals surface area contributed by atoms with Crippen LogP contribution in [0.1, 0.15) is 49.5 Å². The number of rotatable bonds is 2. The summed E-state index contributed by atoms with van der Waals surface area (Å²) in [5.41, 5.74) is 1.40. The number of piperidine rings is 1. The Bertz CT molecular complexity index is 627. The quantitative estimate of drug-likeness (QED) is 0.903. The molecule has 1 aliphatic carbocycles. The minimum Gasteiger partial charge on any atom is -0.465 e. The smallest absolute Gasteiger partial charge is 0.407 e. The molecular weight excluding hydrogens is 304 g/mol. The molecule has 0 unspecified atom stereocenters. The fraction of sp³-hybridized carbons (Fsp3) is 0.778. The van der Waals surface area contributed by atoms with Crippen LogP contribution in [0.5, 0.6) is 0 Å². The average molecular weight is 332 g/mol.